The van der Waals surface area contributed by atoms with E-state index in [0.717, 1.165) is 0 Å². The van der Waals surface area contributed by atoms with E-state index in [2.05, 4.69) is 11.8 Å². The Morgan fingerprint density at radius 1 is 1.31 bits per heavy atom. The Kier molecular flexibility index (Phi) is 5.73. The number of hydrogen-bond acceptors (Lipinski definition) is 2. The van der Waals surface area contributed by atoms with Gasteiger partial charge in [0.2, 0.25) is 0 Å². The fraction of sp³-hybridized carbons (Fsp3) is 0.667. The maximum atomic E-state index is 10.5. The van der Waals surface area contributed by atoms with Crippen LogP contribution in [0.15, 0.2) is 0 Å². The van der Waals surface area contributed by atoms with Crippen molar-refractivity contribution in [2.75, 3.05) is 33.7 Å². The molecular formula is C9H16N2O2. The molecule has 0 bridgehead atoms. The summed E-state index contributed by atoms with van der Waals surface area (Å²) < 4.78 is 0. The van der Waals surface area contributed by atoms with Gasteiger partial charge in [-0.1, -0.05) is 11.8 Å². The summed E-state index contributed by atoms with van der Waals surface area (Å²) in [5.41, 5.74) is 0. The summed E-state index contributed by atoms with van der Waals surface area (Å²) in [6.07, 6.45) is -0.915. The molecule has 4 heteroatoms. The Hall–Kier alpha value is -1.21. The number of carboxylic acid groups (broad SMARTS) is 1. The molecular weight excluding hydrogens is 168 g/mol. The van der Waals surface area contributed by atoms with Crippen molar-refractivity contribution in [1.82, 2.24) is 9.80 Å². The van der Waals surface area contributed by atoms with E-state index in [1.54, 1.807) is 6.92 Å². The van der Waals surface area contributed by atoms with E-state index >= 15 is 0 Å². The molecule has 0 aliphatic rings. The summed E-state index contributed by atoms with van der Waals surface area (Å²) in [5, 5.41) is 8.63. The van der Waals surface area contributed by atoms with Crippen LogP contribution in [0, 0.1) is 11.8 Å². The molecule has 1 amide bonds. The first kappa shape index (κ1) is 11.8. The predicted molar refractivity (Wildman–Crippen MR) is 51.6 cm³/mol. The van der Waals surface area contributed by atoms with E-state index in [9.17, 15) is 4.79 Å². The highest BCUT2D eigenvalue weighted by molar-refractivity contribution is 5.65. The van der Waals surface area contributed by atoms with Gasteiger partial charge in [0.05, 0.1) is 13.1 Å². The molecule has 0 aromatic heterocycles. The lowest BCUT2D eigenvalue weighted by atomic mass is 10.5. The van der Waals surface area contributed by atoms with Crippen LogP contribution in [0.5, 0.6) is 0 Å². The minimum atomic E-state index is -0.915. The van der Waals surface area contributed by atoms with Crippen LogP contribution in [0.25, 0.3) is 0 Å². The second-order valence-electron chi connectivity index (χ2n) is 2.89. The average Bonchev–Trinajstić information content (AvgIpc) is 2.03. The fourth-order valence-electron chi connectivity index (χ4n) is 0.680. The number of rotatable bonds is 3. The first-order valence-corrected chi connectivity index (χ1v) is 4.16. The molecule has 13 heavy (non-hydrogen) atoms. The summed E-state index contributed by atoms with van der Waals surface area (Å²) in [6, 6.07) is 0. The van der Waals surface area contributed by atoms with Crippen molar-refractivity contribution in [3.8, 4) is 11.8 Å². The molecule has 1 N–H and O–H groups in total. The summed E-state index contributed by atoms with van der Waals surface area (Å²) in [6.45, 7) is 3.23. The maximum absolute atomic E-state index is 10.5. The van der Waals surface area contributed by atoms with Gasteiger partial charge < -0.3 is 5.11 Å². The molecule has 0 saturated heterocycles. The molecule has 0 aliphatic heterocycles. The van der Waals surface area contributed by atoms with E-state index in [1.165, 1.54) is 4.90 Å². The lowest BCUT2D eigenvalue weighted by Gasteiger charge is -2.12. The minimum Gasteiger partial charge on any atom is -0.465 e. The van der Waals surface area contributed by atoms with Crippen LogP contribution in [0.3, 0.4) is 0 Å². The van der Waals surface area contributed by atoms with Crippen LogP contribution >= 0.6 is 0 Å². The smallest absolute Gasteiger partial charge is 0.408 e. The van der Waals surface area contributed by atoms with Crippen molar-refractivity contribution in [2.24, 2.45) is 0 Å². The average molecular weight is 184 g/mol. The molecule has 0 aliphatic carbocycles. The number of carbonyl (C=O) groups is 1. The van der Waals surface area contributed by atoms with E-state index in [0.29, 0.717) is 19.6 Å². The standard InChI is InChI=1S/C9H16N2O2/c1-4-11(9(12)13)8-6-5-7-10(2)3/h4,7-8H2,1-3H3,(H,12,13). The molecule has 0 rings (SSSR count). The van der Waals surface area contributed by atoms with Gasteiger partial charge in [-0.2, -0.15) is 0 Å². The van der Waals surface area contributed by atoms with Crippen LogP contribution in [0.1, 0.15) is 6.92 Å². The van der Waals surface area contributed by atoms with Crippen LogP contribution in [0.2, 0.25) is 0 Å². The van der Waals surface area contributed by atoms with E-state index in [4.69, 9.17) is 5.11 Å². The monoisotopic (exact) mass is 184 g/mol. The van der Waals surface area contributed by atoms with Gasteiger partial charge in [-0.05, 0) is 21.0 Å². The predicted octanol–water partition coefficient (Wildman–Crippen LogP) is 0.551. The van der Waals surface area contributed by atoms with Gasteiger partial charge in [0.25, 0.3) is 0 Å². The van der Waals surface area contributed by atoms with Crippen molar-refractivity contribution >= 4 is 6.09 Å². The third-order valence-electron chi connectivity index (χ3n) is 1.44. The lowest BCUT2D eigenvalue weighted by molar-refractivity contribution is 0.153. The molecule has 0 heterocycles. The van der Waals surface area contributed by atoms with Crippen LogP contribution in [-0.2, 0) is 0 Å². The number of hydrogen-bond donors (Lipinski definition) is 1. The topological polar surface area (TPSA) is 43.8 Å². The van der Waals surface area contributed by atoms with Gasteiger partial charge in [0, 0.05) is 6.54 Å². The lowest BCUT2D eigenvalue weighted by Crippen LogP contribution is -2.29. The summed E-state index contributed by atoms with van der Waals surface area (Å²) in [5.74, 6) is 5.68. The second kappa shape index (κ2) is 6.32. The van der Waals surface area contributed by atoms with Gasteiger partial charge in [0.1, 0.15) is 0 Å². The normalized spacial score (nSPS) is 9.23. The highest BCUT2D eigenvalue weighted by atomic mass is 16.4. The maximum Gasteiger partial charge on any atom is 0.408 e. The first-order chi connectivity index (χ1) is 6.07. The second-order valence-corrected chi connectivity index (χ2v) is 2.89. The third-order valence-corrected chi connectivity index (χ3v) is 1.44. The first-order valence-electron chi connectivity index (χ1n) is 4.16. The highest BCUT2D eigenvalue weighted by Crippen LogP contribution is 1.86. The molecule has 4 nitrogen and oxygen atoms in total. The molecule has 0 aromatic carbocycles. The Bertz CT molecular complexity index is 215. The summed E-state index contributed by atoms with van der Waals surface area (Å²) >= 11 is 0. The van der Waals surface area contributed by atoms with Crippen molar-refractivity contribution in [3.05, 3.63) is 0 Å². The molecule has 0 saturated carbocycles. The van der Waals surface area contributed by atoms with Gasteiger partial charge in [0.15, 0.2) is 0 Å². The quantitative estimate of drug-likeness (QED) is 0.651. The summed E-state index contributed by atoms with van der Waals surface area (Å²) in [4.78, 5) is 13.7. The van der Waals surface area contributed by atoms with Gasteiger partial charge in [-0.25, -0.2) is 4.79 Å². The van der Waals surface area contributed by atoms with Crippen LogP contribution in [0.4, 0.5) is 4.79 Å². The summed E-state index contributed by atoms with van der Waals surface area (Å²) in [7, 11) is 3.84. The Labute approximate surface area is 79.1 Å². The number of nitrogens with zero attached hydrogens (tertiary/aromatic N) is 2. The minimum absolute atomic E-state index is 0.291. The Balaban J connectivity index is 3.81. The molecule has 0 fully saturated rings. The van der Waals surface area contributed by atoms with Crippen molar-refractivity contribution in [1.29, 1.82) is 0 Å². The van der Waals surface area contributed by atoms with Crippen molar-refractivity contribution in [2.45, 2.75) is 6.92 Å². The van der Waals surface area contributed by atoms with E-state index in [1.807, 2.05) is 19.0 Å². The van der Waals surface area contributed by atoms with Gasteiger partial charge in [-0.15, -0.1) is 0 Å². The SMILES string of the molecule is CCN(CC#CCN(C)C)C(=O)O. The van der Waals surface area contributed by atoms with Crippen LogP contribution in [-0.4, -0.2) is 54.7 Å². The van der Waals surface area contributed by atoms with E-state index < -0.39 is 6.09 Å². The Morgan fingerprint density at radius 2 is 1.85 bits per heavy atom. The van der Waals surface area contributed by atoms with Crippen LogP contribution < -0.4 is 0 Å². The fourth-order valence-corrected chi connectivity index (χ4v) is 0.680. The molecule has 0 unspecified atom stereocenters. The van der Waals surface area contributed by atoms with Gasteiger partial charge in [-0.3, -0.25) is 9.80 Å². The zero-order valence-corrected chi connectivity index (χ0v) is 8.37. The molecule has 0 atom stereocenters. The molecule has 0 radical (unpaired) electrons. The zero-order valence-electron chi connectivity index (χ0n) is 8.37. The molecule has 0 spiro atoms. The van der Waals surface area contributed by atoms with Crippen molar-refractivity contribution < 1.29 is 9.90 Å². The Morgan fingerprint density at radius 3 is 2.23 bits per heavy atom. The van der Waals surface area contributed by atoms with Gasteiger partial charge >= 0.3 is 6.09 Å². The molecule has 0 aromatic rings. The zero-order chi connectivity index (χ0) is 10.3. The van der Waals surface area contributed by atoms with Crippen molar-refractivity contribution in [3.63, 3.8) is 0 Å². The van der Waals surface area contributed by atoms with E-state index in [-0.39, 0.29) is 0 Å². The largest absolute Gasteiger partial charge is 0.465 e. The third kappa shape index (κ3) is 6.00. The number of amides is 1. The molecule has 74 valence electrons. The highest BCUT2D eigenvalue weighted by Gasteiger charge is 2.05.